The second-order valence-electron chi connectivity index (χ2n) is 3.73. The SMILES string of the molecule is OP1(c2ccccc2)(c2ccccc2)OO1. The van der Waals surface area contributed by atoms with E-state index >= 15 is 0 Å². The van der Waals surface area contributed by atoms with E-state index in [-0.39, 0.29) is 0 Å². The summed E-state index contributed by atoms with van der Waals surface area (Å²) in [6.45, 7) is 0. The topological polar surface area (TPSA) is 45.3 Å². The van der Waals surface area contributed by atoms with Crippen molar-refractivity contribution in [1.29, 1.82) is 0 Å². The Kier molecular flexibility index (Phi) is 1.94. The molecule has 16 heavy (non-hydrogen) atoms. The van der Waals surface area contributed by atoms with Crippen LogP contribution in [0, 0.1) is 0 Å². The molecular formula is C12H11O3P. The summed E-state index contributed by atoms with van der Waals surface area (Å²) in [5.41, 5.74) is 0. The summed E-state index contributed by atoms with van der Waals surface area (Å²) in [5.74, 6) is 0. The van der Waals surface area contributed by atoms with Crippen molar-refractivity contribution in [1.82, 2.24) is 0 Å². The van der Waals surface area contributed by atoms with Gasteiger partial charge in [-0.1, -0.05) is 0 Å². The van der Waals surface area contributed by atoms with E-state index in [2.05, 4.69) is 0 Å². The molecule has 0 aromatic heterocycles. The fourth-order valence-corrected chi connectivity index (χ4v) is 4.18. The second kappa shape index (κ2) is 3.12. The molecule has 1 saturated heterocycles. The Balaban J connectivity index is 2.18. The van der Waals surface area contributed by atoms with Gasteiger partial charge in [0.1, 0.15) is 0 Å². The van der Waals surface area contributed by atoms with E-state index in [9.17, 15) is 4.89 Å². The summed E-state index contributed by atoms with van der Waals surface area (Å²) in [6, 6.07) is 18.5. The Hall–Kier alpha value is -1.25. The molecule has 1 N–H and O–H groups in total. The maximum atomic E-state index is 10.7. The molecule has 2 aromatic rings. The van der Waals surface area contributed by atoms with Crippen LogP contribution in [0.4, 0.5) is 0 Å². The standard InChI is InChI=1S/C12H11O3P/c13-16(14-15-16,11-7-3-1-4-8-11)12-9-5-2-6-10-12/h1-10,13H. The van der Waals surface area contributed by atoms with E-state index in [1.165, 1.54) is 0 Å². The summed E-state index contributed by atoms with van der Waals surface area (Å²) in [4.78, 5) is 10.7. The third-order valence-electron chi connectivity index (χ3n) is 2.71. The molecule has 0 unspecified atom stereocenters. The molecule has 0 atom stereocenters. The first kappa shape index (κ1) is 9.94. The first-order valence-electron chi connectivity index (χ1n) is 5.00. The predicted octanol–water partition coefficient (Wildman–Crippen LogP) is 1.89. The van der Waals surface area contributed by atoms with Crippen LogP contribution in [0.5, 0.6) is 0 Å². The van der Waals surface area contributed by atoms with Gasteiger partial charge in [-0.3, -0.25) is 0 Å². The van der Waals surface area contributed by atoms with Crippen LogP contribution < -0.4 is 10.6 Å². The molecular weight excluding hydrogens is 223 g/mol. The zero-order valence-electron chi connectivity index (χ0n) is 8.48. The van der Waals surface area contributed by atoms with E-state index in [0.29, 0.717) is 10.6 Å². The van der Waals surface area contributed by atoms with Crippen molar-refractivity contribution in [3.63, 3.8) is 0 Å². The molecule has 1 aliphatic heterocycles. The van der Waals surface area contributed by atoms with E-state index in [1.54, 1.807) is 0 Å². The van der Waals surface area contributed by atoms with Gasteiger partial charge in [0.15, 0.2) is 0 Å². The van der Waals surface area contributed by atoms with E-state index < -0.39 is 7.28 Å². The zero-order valence-corrected chi connectivity index (χ0v) is 9.38. The molecule has 0 bridgehead atoms. The van der Waals surface area contributed by atoms with Gasteiger partial charge in [-0.2, -0.15) is 0 Å². The molecule has 3 rings (SSSR count). The van der Waals surface area contributed by atoms with Gasteiger partial charge in [-0.25, -0.2) is 0 Å². The van der Waals surface area contributed by atoms with Gasteiger partial charge in [0.25, 0.3) is 0 Å². The molecule has 1 fully saturated rings. The summed E-state index contributed by atoms with van der Waals surface area (Å²) < 4.78 is 10.1. The van der Waals surface area contributed by atoms with Gasteiger partial charge < -0.3 is 0 Å². The monoisotopic (exact) mass is 234 g/mol. The quantitative estimate of drug-likeness (QED) is 0.490. The molecule has 0 aliphatic carbocycles. The Morgan fingerprint density at radius 2 is 1.06 bits per heavy atom. The van der Waals surface area contributed by atoms with Gasteiger partial charge in [0, 0.05) is 0 Å². The van der Waals surface area contributed by atoms with Crippen LogP contribution in [0.15, 0.2) is 60.7 Å². The average Bonchev–Trinajstić information content (AvgIpc) is 3.09. The molecule has 4 heteroatoms. The molecule has 1 heterocycles. The summed E-state index contributed by atoms with van der Waals surface area (Å²) >= 11 is 0. The predicted molar refractivity (Wildman–Crippen MR) is 63.5 cm³/mol. The van der Waals surface area contributed by atoms with Crippen molar-refractivity contribution < 1.29 is 14.2 Å². The number of hydrogen-bond donors (Lipinski definition) is 1. The Morgan fingerprint density at radius 3 is 1.38 bits per heavy atom. The van der Waals surface area contributed by atoms with Crippen LogP contribution in [0.25, 0.3) is 0 Å². The molecule has 82 valence electrons. The summed E-state index contributed by atoms with van der Waals surface area (Å²) in [7, 11) is -3.68. The minimum atomic E-state index is -3.68. The molecule has 0 saturated carbocycles. The van der Waals surface area contributed by atoms with Crippen LogP contribution in [-0.2, 0) is 9.35 Å². The third-order valence-corrected chi connectivity index (χ3v) is 5.71. The Labute approximate surface area is 93.4 Å². The van der Waals surface area contributed by atoms with Crippen molar-refractivity contribution in [2.45, 2.75) is 0 Å². The van der Waals surface area contributed by atoms with Crippen molar-refractivity contribution in [2.75, 3.05) is 0 Å². The van der Waals surface area contributed by atoms with E-state index in [4.69, 9.17) is 9.35 Å². The second-order valence-corrected chi connectivity index (χ2v) is 6.90. The molecule has 0 spiro atoms. The van der Waals surface area contributed by atoms with Crippen molar-refractivity contribution in [2.24, 2.45) is 0 Å². The normalized spacial score (nSPS) is 22.9. The van der Waals surface area contributed by atoms with Crippen molar-refractivity contribution in [3.05, 3.63) is 60.7 Å². The van der Waals surface area contributed by atoms with Gasteiger partial charge in [-0.05, 0) is 0 Å². The molecule has 3 nitrogen and oxygen atoms in total. The van der Waals surface area contributed by atoms with Crippen LogP contribution in [-0.4, -0.2) is 4.89 Å². The summed E-state index contributed by atoms with van der Waals surface area (Å²) in [5, 5.41) is 1.39. The number of rotatable bonds is 2. The van der Waals surface area contributed by atoms with Crippen molar-refractivity contribution in [3.8, 4) is 0 Å². The average molecular weight is 234 g/mol. The first-order valence-corrected chi connectivity index (χ1v) is 7.03. The fraction of sp³-hybridized carbons (Fsp3) is 0. The van der Waals surface area contributed by atoms with Crippen molar-refractivity contribution >= 4 is 17.9 Å². The molecule has 0 radical (unpaired) electrons. The zero-order chi connectivity index (χ0) is 11.1. The van der Waals surface area contributed by atoms with Gasteiger partial charge in [0.2, 0.25) is 0 Å². The van der Waals surface area contributed by atoms with Crippen LogP contribution in [0.1, 0.15) is 0 Å². The molecule has 1 aliphatic rings. The fourth-order valence-electron chi connectivity index (χ4n) is 1.75. The maximum absolute atomic E-state index is 10.7. The van der Waals surface area contributed by atoms with Gasteiger partial charge in [0.05, 0.1) is 0 Å². The molecule has 2 aromatic carbocycles. The third kappa shape index (κ3) is 1.24. The number of benzene rings is 2. The number of hydrogen-bond acceptors (Lipinski definition) is 3. The van der Waals surface area contributed by atoms with E-state index in [1.807, 2.05) is 60.7 Å². The minimum absolute atomic E-state index is 0.694. The Morgan fingerprint density at radius 1 is 0.688 bits per heavy atom. The van der Waals surface area contributed by atoms with Crippen LogP contribution in [0.2, 0.25) is 0 Å². The first-order chi connectivity index (χ1) is 7.73. The van der Waals surface area contributed by atoms with Crippen LogP contribution in [0.3, 0.4) is 0 Å². The molecule has 0 amide bonds. The Bertz CT molecular complexity index is 465. The summed E-state index contributed by atoms with van der Waals surface area (Å²) in [6.07, 6.45) is 0. The van der Waals surface area contributed by atoms with Gasteiger partial charge in [-0.15, -0.1) is 0 Å². The van der Waals surface area contributed by atoms with Crippen LogP contribution >= 0.6 is 7.28 Å². The van der Waals surface area contributed by atoms with Gasteiger partial charge >= 0.3 is 92.8 Å². The van der Waals surface area contributed by atoms with E-state index in [0.717, 1.165) is 0 Å².